The van der Waals surface area contributed by atoms with Gasteiger partial charge >= 0.3 is 5.69 Å². The molecular formula is C22H26N6O3S2. The van der Waals surface area contributed by atoms with Gasteiger partial charge in [0.05, 0.1) is 10.6 Å². The lowest BCUT2D eigenvalue weighted by Crippen LogP contribution is -2.36. The van der Waals surface area contributed by atoms with Crippen LogP contribution in [0.2, 0.25) is 0 Å². The van der Waals surface area contributed by atoms with Gasteiger partial charge in [0.1, 0.15) is 11.4 Å². The molecule has 0 amide bonds. The Morgan fingerprint density at radius 1 is 1.30 bits per heavy atom. The molecule has 9 nitrogen and oxygen atoms in total. The van der Waals surface area contributed by atoms with Crippen molar-refractivity contribution < 1.29 is 4.79 Å². The van der Waals surface area contributed by atoms with E-state index < -0.39 is 17.0 Å². The minimum atomic E-state index is -0.742. The zero-order chi connectivity index (χ0) is 23.3. The van der Waals surface area contributed by atoms with Gasteiger partial charge in [-0.15, -0.1) is 21.5 Å². The fourth-order valence-electron chi connectivity index (χ4n) is 4.45. The number of Topliss-reactive ketones (excluding diaryl/α,β-unsaturated/α-hetero) is 1. The molecule has 0 unspecified atom stereocenters. The van der Waals surface area contributed by atoms with Crippen LogP contribution in [0.15, 0.2) is 20.8 Å². The van der Waals surface area contributed by atoms with E-state index in [0.29, 0.717) is 5.16 Å². The summed E-state index contributed by atoms with van der Waals surface area (Å²) in [5.74, 6) is 1.01. The number of H-pyrrole nitrogens is 1. The second-order valence-electron chi connectivity index (χ2n) is 8.77. The maximum atomic E-state index is 12.9. The molecule has 0 aliphatic heterocycles. The van der Waals surface area contributed by atoms with Gasteiger partial charge in [0.2, 0.25) is 0 Å². The summed E-state index contributed by atoms with van der Waals surface area (Å²) >= 11 is 2.98. The summed E-state index contributed by atoms with van der Waals surface area (Å²) in [4.78, 5) is 42.0. The monoisotopic (exact) mass is 486 g/mol. The fraction of sp³-hybridized carbons (Fsp3) is 0.500. The molecule has 3 aromatic heterocycles. The van der Waals surface area contributed by atoms with Crippen molar-refractivity contribution in [2.75, 3.05) is 11.5 Å². The number of aryl methyl sites for hydroxylation is 1. The number of nitrogens with two attached hydrogens (primary N) is 1. The molecule has 0 aromatic carbocycles. The highest BCUT2D eigenvalue weighted by Crippen LogP contribution is 2.38. The standard InChI is InChI=1S/C22H26N6O3S2/c1-3-11-4-7-15-12(8-11)9-16(33-15)19-25-26-22(27(19)2)32-10-14(29)17-18(23)28(13-5-6-13)21(31)24-20(17)30/h9,11,13H,3-8,10,23H2,1-2H3,(H,24,30,31)/t11-/m1/s1. The van der Waals surface area contributed by atoms with Crippen molar-refractivity contribution in [1.29, 1.82) is 0 Å². The first-order valence-electron chi connectivity index (χ1n) is 11.2. The Hall–Kier alpha value is -2.66. The van der Waals surface area contributed by atoms with Crippen LogP contribution >= 0.6 is 23.1 Å². The van der Waals surface area contributed by atoms with E-state index in [-0.39, 0.29) is 23.2 Å². The number of hydrogen-bond donors (Lipinski definition) is 2. The fourth-order valence-corrected chi connectivity index (χ4v) is 6.46. The molecule has 11 heteroatoms. The van der Waals surface area contributed by atoms with Gasteiger partial charge in [-0.25, -0.2) is 4.79 Å². The predicted octanol–water partition coefficient (Wildman–Crippen LogP) is 2.80. The van der Waals surface area contributed by atoms with Crippen molar-refractivity contribution in [2.24, 2.45) is 13.0 Å². The number of nitrogens with one attached hydrogen (secondary N) is 1. The highest BCUT2D eigenvalue weighted by molar-refractivity contribution is 7.99. The molecule has 0 spiro atoms. The first-order chi connectivity index (χ1) is 15.9. The average molecular weight is 487 g/mol. The Morgan fingerprint density at radius 3 is 2.82 bits per heavy atom. The number of aromatic amines is 1. The number of rotatable bonds is 7. The maximum absolute atomic E-state index is 12.9. The summed E-state index contributed by atoms with van der Waals surface area (Å²) in [7, 11) is 1.88. The number of nitrogens with zero attached hydrogens (tertiary/aromatic N) is 4. The summed E-state index contributed by atoms with van der Waals surface area (Å²) in [5, 5.41) is 9.22. The van der Waals surface area contributed by atoms with Crippen molar-refractivity contribution in [3.05, 3.63) is 42.9 Å². The maximum Gasteiger partial charge on any atom is 0.330 e. The van der Waals surface area contributed by atoms with Crippen LogP contribution in [0, 0.1) is 5.92 Å². The van der Waals surface area contributed by atoms with Crippen molar-refractivity contribution in [3.63, 3.8) is 0 Å². The van der Waals surface area contributed by atoms with Crippen LogP contribution in [-0.4, -0.2) is 35.9 Å². The zero-order valence-electron chi connectivity index (χ0n) is 18.6. The third-order valence-electron chi connectivity index (χ3n) is 6.52. The molecule has 0 radical (unpaired) electrons. The van der Waals surface area contributed by atoms with E-state index in [1.807, 2.05) is 11.6 Å². The number of thiophene rings is 1. The van der Waals surface area contributed by atoms with E-state index in [0.717, 1.165) is 42.3 Å². The van der Waals surface area contributed by atoms with Gasteiger partial charge in [-0.05, 0) is 49.7 Å². The van der Waals surface area contributed by atoms with E-state index >= 15 is 0 Å². The van der Waals surface area contributed by atoms with E-state index in [1.54, 1.807) is 11.3 Å². The molecule has 1 fully saturated rings. The van der Waals surface area contributed by atoms with Gasteiger partial charge in [-0.3, -0.25) is 19.1 Å². The molecule has 3 aromatic rings. The molecule has 0 saturated heterocycles. The third kappa shape index (κ3) is 4.08. The van der Waals surface area contributed by atoms with Crippen LogP contribution in [0.4, 0.5) is 5.82 Å². The van der Waals surface area contributed by atoms with Crippen molar-refractivity contribution in [2.45, 2.75) is 56.6 Å². The second-order valence-corrected chi connectivity index (χ2v) is 10.9. The summed E-state index contributed by atoms with van der Waals surface area (Å²) < 4.78 is 3.20. The first kappa shape index (κ1) is 22.1. The number of nitrogen functional groups attached to an aromatic ring is 1. The number of anilines is 1. The molecule has 5 rings (SSSR count). The minimum Gasteiger partial charge on any atom is -0.384 e. The van der Waals surface area contributed by atoms with Crippen LogP contribution < -0.4 is 17.0 Å². The number of fused-ring (bicyclic) bond motifs is 1. The lowest BCUT2D eigenvalue weighted by Gasteiger charge is -2.19. The average Bonchev–Trinajstić information content (AvgIpc) is 3.41. The normalized spacial score (nSPS) is 17.8. The van der Waals surface area contributed by atoms with Crippen LogP contribution in [0.5, 0.6) is 0 Å². The molecule has 33 heavy (non-hydrogen) atoms. The topological polar surface area (TPSA) is 129 Å². The Morgan fingerprint density at radius 2 is 2.09 bits per heavy atom. The van der Waals surface area contributed by atoms with Crippen molar-refractivity contribution in [3.8, 4) is 10.7 Å². The van der Waals surface area contributed by atoms with Crippen molar-refractivity contribution in [1.82, 2.24) is 24.3 Å². The molecule has 2 aliphatic carbocycles. The molecule has 174 valence electrons. The Kier molecular flexibility index (Phi) is 5.77. The molecule has 3 heterocycles. The Bertz CT molecular complexity index is 1350. The third-order valence-corrected chi connectivity index (χ3v) is 8.78. The van der Waals surface area contributed by atoms with E-state index in [9.17, 15) is 14.4 Å². The number of aromatic nitrogens is 5. The predicted molar refractivity (Wildman–Crippen MR) is 129 cm³/mol. The largest absolute Gasteiger partial charge is 0.384 e. The number of thioether (sulfide) groups is 1. The lowest BCUT2D eigenvalue weighted by molar-refractivity contribution is 0.102. The van der Waals surface area contributed by atoms with Gasteiger partial charge < -0.3 is 10.3 Å². The van der Waals surface area contributed by atoms with E-state index in [2.05, 4.69) is 28.2 Å². The van der Waals surface area contributed by atoms with Gasteiger partial charge in [0.15, 0.2) is 16.8 Å². The van der Waals surface area contributed by atoms with E-state index in [1.165, 1.54) is 39.6 Å². The first-order valence-corrected chi connectivity index (χ1v) is 13.0. The molecule has 1 saturated carbocycles. The quantitative estimate of drug-likeness (QED) is 0.388. The number of carbonyl (C=O) groups excluding carboxylic acids is 1. The number of carbonyl (C=O) groups is 1. The molecule has 3 N–H and O–H groups in total. The summed E-state index contributed by atoms with van der Waals surface area (Å²) in [6.07, 6.45) is 6.30. The summed E-state index contributed by atoms with van der Waals surface area (Å²) in [6, 6.07) is 2.19. The minimum absolute atomic E-state index is 0.0265. The van der Waals surface area contributed by atoms with Gasteiger partial charge in [-0.2, -0.15) is 0 Å². The molecule has 0 bridgehead atoms. The molecule has 2 aliphatic rings. The zero-order valence-corrected chi connectivity index (χ0v) is 20.2. The van der Waals surface area contributed by atoms with Gasteiger partial charge in [-0.1, -0.05) is 25.1 Å². The Labute approximate surface area is 198 Å². The van der Waals surface area contributed by atoms with Crippen LogP contribution in [-0.2, 0) is 19.9 Å². The highest BCUT2D eigenvalue weighted by Gasteiger charge is 2.30. The van der Waals surface area contributed by atoms with Crippen LogP contribution in [0.25, 0.3) is 10.7 Å². The van der Waals surface area contributed by atoms with Crippen LogP contribution in [0.1, 0.15) is 59.4 Å². The Balaban J connectivity index is 1.34. The molecule has 1 atom stereocenters. The van der Waals surface area contributed by atoms with Gasteiger partial charge in [0, 0.05) is 18.0 Å². The van der Waals surface area contributed by atoms with Gasteiger partial charge in [0.25, 0.3) is 5.56 Å². The SMILES string of the molecule is CC[C@@H]1CCc2sc(-c3nnc(SCC(=O)c4c(N)n(C5CC5)c(=O)[nH]c4=O)n3C)cc2C1. The number of ketones is 1. The highest BCUT2D eigenvalue weighted by atomic mass is 32.2. The molecular weight excluding hydrogens is 460 g/mol. The van der Waals surface area contributed by atoms with Crippen molar-refractivity contribution >= 4 is 34.7 Å². The lowest BCUT2D eigenvalue weighted by atomic mass is 9.87. The number of hydrogen-bond acceptors (Lipinski definition) is 8. The summed E-state index contributed by atoms with van der Waals surface area (Å²) in [6.45, 7) is 2.25. The smallest absolute Gasteiger partial charge is 0.330 e. The summed E-state index contributed by atoms with van der Waals surface area (Å²) in [5.41, 5.74) is 6.01. The van der Waals surface area contributed by atoms with E-state index in [4.69, 9.17) is 5.73 Å². The second kappa shape index (κ2) is 8.60. The van der Waals surface area contributed by atoms with Crippen LogP contribution in [0.3, 0.4) is 0 Å².